The Hall–Kier alpha value is -1.56. The molecular formula is C15H15. The van der Waals surface area contributed by atoms with Crippen LogP contribution in [0.2, 0.25) is 0 Å². The summed E-state index contributed by atoms with van der Waals surface area (Å²) < 4.78 is 0. The smallest absolute Gasteiger partial charge is 0.00992 e. The van der Waals surface area contributed by atoms with Crippen LogP contribution in [0.1, 0.15) is 25.3 Å². The van der Waals surface area contributed by atoms with E-state index in [0.717, 1.165) is 6.42 Å². The van der Waals surface area contributed by atoms with Gasteiger partial charge in [0.2, 0.25) is 0 Å². The maximum atomic E-state index is 3.22. The van der Waals surface area contributed by atoms with Crippen molar-refractivity contribution >= 4 is 16.8 Å². The Bertz CT molecular complexity index is 466. The molecule has 2 aromatic rings. The van der Waals surface area contributed by atoms with Crippen LogP contribution in [-0.4, -0.2) is 0 Å². The second kappa shape index (κ2) is 4.79. The van der Waals surface area contributed by atoms with Crippen molar-refractivity contribution in [3.63, 3.8) is 0 Å². The van der Waals surface area contributed by atoms with E-state index in [0.29, 0.717) is 0 Å². The topological polar surface area (TPSA) is 0 Å². The third-order valence-corrected chi connectivity index (χ3v) is 2.45. The fraction of sp³-hybridized carbons (Fsp3) is 0.200. The maximum absolute atomic E-state index is 3.22. The van der Waals surface area contributed by atoms with Crippen LogP contribution < -0.4 is 0 Å². The predicted octanol–water partition coefficient (Wildman–Crippen LogP) is 4.45. The van der Waals surface area contributed by atoms with Crippen LogP contribution in [0.3, 0.4) is 0 Å². The zero-order valence-electron chi connectivity index (χ0n) is 9.03. The number of unbranched alkanes of at least 4 members (excludes halogenated alkanes) is 1. The molecule has 0 N–H and O–H groups in total. The van der Waals surface area contributed by atoms with Crippen LogP contribution in [0.5, 0.6) is 0 Å². The zero-order valence-corrected chi connectivity index (χ0v) is 9.03. The van der Waals surface area contributed by atoms with Crippen molar-refractivity contribution in [1.29, 1.82) is 0 Å². The summed E-state index contributed by atoms with van der Waals surface area (Å²) in [5.41, 5.74) is 1.27. The van der Waals surface area contributed by atoms with E-state index in [1.165, 1.54) is 22.8 Å². The first-order valence-electron chi connectivity index (χ1n) is 5.47. The van der Waals surface area contributed by atoms with Gasteiger partial charge in [0, 0.05) is 0 Å². The van der Waals surface area contributed by atoms with Gasteiger partial charge in [0.05, 0.1) is 0 Å². The lowest BCUT2D eigenvalue weighted by Crippen LogP contribution is -1.75. The molecule has 0 heterocycles. The summed E-state index contributed by atoms with van der Waals surface area (Å²) in [7, 11) is 0. The lowest BCUT2D eigenvalue weighted by atomic mass is 10.1. The average molecular weight is 195 g/mol. The van der Waals surface area contributed by atoms with Gasteiger partial charge in [0.25, 0.3) is 0 Å². The van der Waals surface area contributed by atoms with Crippen molar-refractivity contribution in [3.8, 4) is 0 Å². The van der Waals surface area contributed by atoms with Crippen LogP contribution in [0.25, 0.3) is 16.8 Å². The third-order valence-electron chi connectivity index (χ3n) is 2.45. The van der Waals surface area contributed by atoms with Crippen LogP contribution >= 0.6 is 0 Å². The lowest BCUT2D eigenvalue weighted by molar-refractivity contribution is 0.962. The highest BCUT2D eigenvalue weighted by molar-refractivity contribution is 5.84. The van der Waals surface area contributed by atoms with E-state index in [-0.39, 0.29) is 0 Å². The zero-order chi connectivity index (χ0) is 10.5. The number of allylic oxidation sites excluding steroid dienone is 1. The molecule has 1 radical (unpaired) electrons. The average Bonchev–Trinajstić information content (AvgIpc) is 2.29. The van der Waals surface area contributed by atoms with Crippen LogP contribution in [0.15, 0.2) is 42.5 Å². The first-order chi connectivity index (χ1) is 7.40. The van der Waals surface area contributed by atoms with Gasteiger partial charge in [-0.1, -0.05) is 55.8 Å². The Morgan fingerprint density at radius 1 is 1.27 bits per heavy atom. The molecule has 0 bridgehead atoms. The minimum absolute atomic E-state index is 1.15. The van der Waals surface area contributed by atoms with E-state index in [1.807, 2.05) is 12.1 Å². The van der Waals surface area contributed by atoms with Crippen LogP contribution in [-0.2, 0) is 0 Å². The SMILES string of the molecule is CCCC=Cc1ccc2[c]cccc2c1. The Kier molecular flexibility index (Phi) is 3.18. The van der Waals surface area contributed by atoms with E-state index < -0.39 is 0 Å². The molecule has 0 heteroatoms. The van der Waals surface area contributed by atoms with E-state index in [9.17, 15) is 0 Å². The summed E-state index contributed by atoms with van der Waals surface area (Å²) in [4.78, 5) is 0. The third kappa shape index (κ3) is 2.47. The molecule has 0 aliphatic carbocycles. The molecule has 0 aliphatic rings. The Morgan fingerprint density at radius 3 is 3.07 bits per heavy atom. The van der Waals surface area contributed by atoms with Gasteiger partial charge in [-0.25, -0.2) is 0 Å². The van der Waals surface area contributed by atoms with E-state index in [1.54, 1.807) is 0 Å². The van der Waals surface area contributed by atoms with E-state index >= 15 is 0 Å². The summed E-state index contributed by atoms with van der Waals surface area (Å²) in [6, 6.07) is 15.8. The Balaban J connectivity index is 2.30. The van der Waals surface area contributed by atoms with Crippen LogP contribution in [0.4, 0.5) is 0 Å². The maximum Gasteiger partial charge on any atom is -0.00992 e. The summed E-state index contributed by atoms with van der Waals surface area (Å²) in [5.74, 6) is 0. The van der Waals surface area contributed by atoms with Crippen molar-refractivity contribution < 1.29 is 0 Å². The molecule has 0 amide bonds. The number of fused-ring (bicyclic) bond motifs is 1. The highest BCUT2D eigenvalue weighted by Crippen LogP contribution is 2.16. The number of hydrogen-bond acceptors (Lipinski definition) is 0. The van der Waals surface area contributed by atoms with Gasteiger partial charge in [0.1, 0.15) is 0 Å². The molecule has 2 aromatic carbocycles. The van der Waals surface area contributed by atoms with Gasteiger partial charge < -0.3 is 0 Å². The number of hydrogen-bond donors (Lipinski definition) is 0. The molecule has 0 aromatic heterocycles. The van der Waals surface area contributed by atoms with Gasteiger partial charge in [0.15, 0.2) is 0 Å². The monoisotopic (exact) mass is 195 g/mol. The lowest BCUT2D eigenvalue weighted by Gasteiger charge is -1.98. The number of rotatable bonds is 3. The minimum atomic E-state index is 1.15. The van der Waals surface area contributed by atoms with Gasteiger partial charge in [-0.15, -0.1) is 0 Å². The first kappa shape index (κ1) is 9.97. The van der Waals surface area contributed by atoms with Crippen molar-refractivity contribution in [2.45, 2.75) is 19.8 Å². The van der Waals surface area contributed by atoms with Crippen molar-refractivity contribution in [2.24, 2.45) is 0 Å². The molecule has 0 unspecified atom stereocenters. The molecule has 2 rings (SSSR count). The van der Waals surface area contributed by atoms with Crippen molar-refractivity contribution in [1.82, 2.24) is 0 Å². The minimum Gasteiger partial charge on any atom is -0.0840 e. The molecule has 0 saturated carbocycles. The summed E-state index contributed by atoms with van der Waals surface area (Å²) in [6.45, 7) is 2.19. The quantitative estimate of drug-likeness (QED) is 0.678. The largest absolute Gasteiger partial charge is 0.0840 e. The Labute approximate surface area is 91.2 Å². The molecule has 75 valence electrons. The van der Waals surface area contributed by atoms with Gasteiger partial charge in [-0.3, -0.25) is 0 Å². The second-order valence-electron chi connectivity index (χ2n) is 3.71. The van der Waals surface area contributed by atoms with Crippen molar-refractivity contribution in [2.75, 3.05) is 0 Å². The first-order valence-corrected chi connectivity index (χ1v) is 5.47. The summed E-state index contributed by atoms with van der Waals surface area (Å²) in [5, 5.41) is 2.45. The van der Waals surface area contributed by atoms with E-state index in [4.69, 9.17) is 0 Å². The highest BCUT2D eigenvalue weighted by atomic mass is 14.0. The molecule has 0 spiro atoms. The number of benzene rings is 2. The van der Waals surface area contributed by atoms with E-state index in [2.05, 4.69) is 49.4 Å². The van der Waals surface area contributed by atoms with Crippen molar-refractivity contribution in [3.05, 3.63) is 54.1 Å². The Morgan fingerprint density at radius 2 is 2.20 bits per heavy atom. The predicted molar refractivity (Wildman–Crippen MR) is 66.7 cm³/mol. The fourth-order valence-electron chi connectivity index (χ4n) is 1.63. The normalized spacial score (nSPS) is 11.3. The molecule has 0 aliphatic heterocycles. The van der Waals surface area contributed by atoms with Crippen LogP contribution in [0, 0.1) is 6.07 Å². The standard InChI is InChI=1S/C15H15/c1-2-3-4-7-13-10-11-14-8-5-6-9-15(14)12-13/h4-7,9-12H,2-3H2,1H3. The fourth-order valence-corrected chi connectivity index (χ4v) is 1.63. The molecular weight excluding hydrogens is 180 g/mol. The van der Waals surface area contributed by atoms with Gasteiger partial charge in [-0.05, 0) is 34.9 Å². The van der Waals surface area contributed by atoms with Gasteiger partial charge >= 0.3 is 0 Å². The molecule has 0 nitrogen and oxygen atoms in total. The van der Waals surface area contributed by atoms with Gasteiger partial charge in [-0.2, -0.15) is 0 Å². The highest BCUT2D eigenvalue weighted by Gasteiger charge is 1.92. The molecule has 0 fully saturated rings. The molecule has 15 heavy (non-hydrogen) atoms. The second-order valence-corrected chi connectivity index (χ2v) is 3.71. The summed E-state index contributed by atoms with van der Waals surface area (Å²) >= 11 is 0. The molecule has 0 atom stereocenters. The summed E-state index contributed by atoms with van der Waals surface area (Å²) in [6.07, 6.45) is 6.78. The molecule has 0 saturated heterocycles.